The highest BCUT2D eigenvalue weighted by Gasteiger charge is 2.59. The number of nitrogen functional groups attached to an aromatic ring is 1. The van der Waals surface area contributed by atoms with Gasteiger partial charge in [-0.2, -0.15) is 0 Å². The van der Waals surface area contributed by atoms with E-state index < -0.39 is 80.6 Å². The molecule has 1 aromatic heterocycles. The van der Waals surface area contributed by atoms with Crippen molar-refractivity contribution in [2.75, 3.05) is 25.2 Å². The molecule has 23 heteroatoms. The number of carboxylic acids is 1. The van der Waals surface area contributed by atoms with Crippen LogP contribution in [-0.4, -0.2) is 105 Å². The number of aliphatic hydroxyl groups is 1. The largest absolute Gasteiger partial charge is 0.477 e. The van der Waals surface area contributed by atoms with Gasteiger partial charge >= 0.3 is 27.1 Å². The molecule has 0 bridgehead atoms. The predicted octanol–water partition coefficient (Wildman–Crippen LogP) is -1.86. The Morgan fingerprint density at radius 3 is 2.41 bits per heavy atom. The Hall–Kier alpha value is -2.87. The zero-order valence-corrected chi connectivity index (χ0v) is 24.1. The quantitative estimate of drug-likeness (QED) is 0.0401. The Balaban J connectivity index is 1.69. The fraction of sp³-hybridized carbons (Fsp3) is 0.444. The van der Waals surface area contributed by atoms with Crippen molar-refractivity contribution in [3.63, 3.8) is 0 Å². The summed E-state index contributed by atoms with van der Waals surface area (Å²) in [4.78, 5) is 95.8. The molecule has 226 valence electrons. The summed E-state index contributed by atoms with van der Waals surface area (Å²) < 4.78 is 27.7. The molecule has 1 saturated heterocycles. The number of aliphatic carboxylic acids is 1. The van der Waals surface area contributed by atoms with Gasteiger partial charge in [0.25, 0.3) is 16.9 Å². The van der Waals surface area contributed by atoms with Crippen molar-refractivity contribution in [1.29, 1.82) is 0 Å². The molecule has 2 amide bonds. The number of carbonyl (C=O) groups excluding carboxylic acids is 3. The second kappa shape index (κ2) is 12.2. The summed E-state index contributed by atoms with van der Waals surface area (Å²) in [6, 6.07) is -1.16. The Labute approximate surface area is 237 Å². The molecule has 0 unspecified atom stereocenters. The zero-order chi connectivity index (χ0) is 30.9. The maximum Gasteiger partial charge on any atom is 0.369 e. The summed E-state index contributed by atoms with van der Waals surface area (Å²) in [6.07, 6.45) is -2.42. The van der Waals surface area contributed by atoms with E-state index in [0.717, 1.165) is 28.0 Å². The van der Waals surface area contributed by atoms with Crippen LogP contribution in [-0.2, 0) is 37.9 Å². The molecule has 0 aromatic carbocycles. The molecular weight excluding hydrogens is 636 g/mol. The number of rotatable bonds is 12. The summed E-state index contributed by atoms with van der Waals surface area (Å²) in [5.74, 6) is -4.58. The normalized spacial score (nSPS) is 19.8. The topological polar surface area (TPSA) is 309 Å². The first-order valence-electron chi connectivity index (χ1n) is 11.0. The molecule has 1 aromatic rings. The molecule has 2 aliphatic rings. The van der Waals surface area contributed by atoms with Crippen molar-refractivity contribution >= 4 is 72.9 Å². The van der Waals surface area contributed by atoms with Gasteiger partial charge in [-0.05, 0) is 0 Å². The minimum atomic E-state index is -5.79. The number of nitrogens with zero attached hydrogens (tertiary/aromatic N) is 3. The number of nitrogens with two attached hydrogens (primary N) is 1. The van der Waals surface area contributed by atoms with E-state index in [0.29, 0.717) is 0 Å². The third-order valence-electron chi connectivity index (χ3n) is 5.70. The standard InChI is InChI=1S/C18H23N5O14P2S2/c1-36-22-10(8-6-41-17(19)20-8)13(25)21-11-14(26)23-12(16(27)28)7(5-40-15(11)23)4-37-9(24)2-3-18(29,38(30,31)32)39(33,34)35/h6,11,15,29H,2-5H2,1H3,(H2,19,20)(H,21,25)(H,27,28)(H2,30,31,32)(H2,33,34,35)/b22-10-/t11-,15+/m1/s1. The molecule has 0 aliphatic carbocycles. The van der Waals surface area contributed by atoms with Crippen LogP contribution in [0.1, 0.15) is 18.5 Å². The molecule has 0 spiro atoms. The van der Waals surface area contributed by atoms with Crippen LogP contribution in [0.4, 0.5) is 5.13 Å². The first-order valence-corrected chi connectivity index (χ1v) is 16.1. The van der Waals surface area contributed by atoms with Crippen LogP contribution in [0.25, 0.3) is 0 Å². The van der Waals surface area contributed by atoms with Gasteiger partial charge in [0.05, 0.1) is 0 Å². The molecule has 2 atom stereocenters. The van der Waals surface area contributed by atoms with E-state index in [1.165, 1.54) is 12.5 Å². The molecule has 1 fully saturated rings. The summed E-state index contributed by atoms with van der Waals surface area (Å²) in [7, 11) is -10.4. The number of hydrogen-bond donors (Lipinski definition) is 8. The van der Waals surface area contributed by atoms with Gasteiger partial charge in [0, 0.05) is 29.5 Å². The van der Waals surface area contributed by atoms with Crippen molar-refractivity contribution in [2.45, 2.75) is 29.3 Å². The van der Waals surface area contributed by atoms with Crippen LogP contribution in [0.3, 0.4) is 0 Å². The van der Waals surface area contributed by atoms with Crippen LogP contribution < -0.4 is 11.1 Å². The minimum Gasteiger partial charge on any atom is -0.477 e. The van der Waals surface area contributed by atoms with Gasteiger partial charge < -0.3 is 50.4 Å². The summed E-state index contributed by atoms with van der Waals surface area (Å²) in [5.41, 5.74) is 4.81. The molecule has 9 N–H and O–H groups in total. The molecule has 0 radical (unpaired) electrons. The second-order valence-corrected chi connectivity index (χ2v) is 14.3. The van der Waals surface area contributed by atoms with Gasteiger partial charge in [-0.3, -0.25) is 28.4 Å². The fourth-order valence-electron chi connectivity index (χ4n) is 3.67. The highest BCUT2D eigenvalue weighted by atomic mass is 32.2. The number of thiazole rings is 1. The molecule has 0 saturated carbocycles. The SMILES string of the molecule is CO/N=C(\C(=O)N[C@@H]1C(=O)N2C(C(=O)O)=C(COC(=O)CCC(O)(P(=O)(O)O)P(=O)(O)O)CS[C@@H]12)c1csc(N)n1. The van der Waals surface area contributed by atoms with Crippen LogP contribution in [0.5, 0.6) is 0 Å². The van der Waals surface area contributed by atoms with Gasteiger partial charge in [0.1, 0.15) is 36.5 Å². The van der Waals surface area contributed by atoms with Crippen LogP contribution in [0, 0.1) is 0 Å². The second-order valence-electron chi connectivity index (χ2n) is 8.33. The number of β-lactam (4-membered cyclic amide) rings is 1. The lowest BCUT2D eigenvalue weighted by atomic mass is 10.0. The average Bonchev–Trinajstić information content (AvgIpc) is 3.30. The predicted molar refractivity (Wildman–Crippen MR) is 139 cm³/mol. The summed E-state index contributed by atoms with van der Waals surface area (Å²) >= 11 is 2.06. The van der Waals surface area contributed by atoms with Gasteiger partial charge in [-0.15, -0.1) is 23.1 Å². The number of nitrogens with one attached hydrogen (secondary N) is 1. The highest BCUT2D eigenvalue weighted by molar-refractivity contribution is 8.00. The number of carbonyl (C=O) groups is 4. The maximum atomic E-state index is 12.9. The van der Waals surface area contributed by atoms with Crippen LogP contribution in [0.15, 0.2) is 21.8 Å². The van der Waals surface area contributed by atoms with E-state index in [9.17, 15) is 38.5 Å². The highest BCUT2D eigenvalue weighted by Crippen LogP contribution is 2.69. The van der Waals surface area contributed by atoms with Crippen molar-refractivity contribution in [3.05, 3.63) is 22.3 Å². The summed E-state index contributed by atoms with van der Waals surface area (Å²) in [6.45, 7) is -0.707. The zero-order valence-electron chi connectivity index (χ0n) is 20.6. The number of amides is 2. The van der Waals surface area contributed by atoms with E-state index in [-0.39, 0.29) is 27.9 Å². The van der Waals surface area contributed by atoms with E-state index in [4.69, 9.17) is 30.0 Å². The molecular formula is C18H23N5O14P2S2. The lowest BCUT2D eigenvalue weighted by molar-refractivity contribution is -0.150. The third-order valence-corrected chi connectivity index (χ3v) is 11.6. The number of carboxylic acid groups (broad SMARTS) is 1. The minimum absolute atomic E-state index is 0.0509. The lowest BCUT2D eigenvalue weighted by Crippen LogP contribution is -2.71. The van der Waals surface area contributed by atoms with Gasteiger partial charge in [-0.1, -0.05) is 5.16 Å². The molecule has 41 heavy (non-hydrogen) atoms. The number of thioether (sulfide) groups is 1. The van der Waals surface area contributed by atoms with Crippen molar-refractivity contribution in [3.8, 4) is 0 Å². The van der Waals surface area contributed by atoms with Gasteiger partial charge in [-0.25, -0.2) is 9.78 Å². The third kappa shape index (κ3) is 6.63. The average molecular weight is 659 g/mol. The Morgan fingerprint density at radius 1 is 1.27 bits per heavy atom. The van der Waals surface area contributed by atoms with E-state index in [1.807, 2.05) is 0 Å². The lowest BCUT2D eigenvalue weighted by Gasteiger charge is -2.49. The molecule has 19 nitrogen and oxygen atoms in total. The number of hydrogen-bond acceptors (Lipinski definition) is 14. The van der Waals surface area contributed by atoms with E-state index in [1.54, 1.807) is 0 Å². The van der Waals surface area contributed by atoms with Crippen LogP contribution in [0.2, 0.25) is 0 Å². The fourth-order valence-corrected chi connectivity index (χ4v) is 7.71. The Morgan fingerprint density at radius 2 is 1.90 bits per heavy atom. The van der Waals surface area contributed by atoms with Gasteiger partial charge in [0.15, 0.2) is 10.8 Å². The molecule has 3 heterocycles. The number of anilines is 1. The van der Waals surface area contributed by atoms with E-state index >= 15 is 0 Å². The molecule has 2 aliphatic heterocycles. The number of aromatic nitrogens is 1. The van der Waals surface area contributed by atoms with Crippen LogP contribution >= 0.6 is 38.3 Å². The molecule has 3 rings (SSSR count). The Kier molecular flexibility index (Phi) is 9.68. The number of oxime groups is 1. The van der Waals surface area contributed by atoms with Crippen molar-refractivity contribution < 1.29 is 67.7 Å². The number of ether oxygens (including phenoxy) is 1. The van der Waals surface area contributed by atoms with Crippen molar-refractivity contribution in [1.82, 2.24) is 15.2 Å². The number of fused-ring (bicyclic) bond motifs is 1. The van der Waals surface area contributed by atoms with Crippen molar-refractivity contribution in [2.24, 2.45) is 5.16 Å². The number of esters is 1. The first-order chi connectivity index (χ1) is 18.9. The summed E-state index contributed by atoms with van der Waals surface area (Å²) in [5, 5.41) is 22.5. The Bertz CT molecular complexity index is 1400. The first kappa shape index (κ1) is 32.6. The monoisotopic (exact) mass is 659 g/mol. The van der Waals surface area contributed by atoms with Gasteiger partial charge in [0.2, 0.25) is 0 Å². The van der Waals surface area contributed by atoms with E-state index in [2.05, 4.69) is 20.3 Å². The smallest absolute Gasteiger partial charge is 0.369 e. The maximum absolute atomic E-state index is 12.9.